The monoisotopic (exact) mass is 295 g/mol. The summed E-state index contributed by atoms with van der Waals surface area (Å²) in [5, 5.41) is 0.247. The first-order valence-corrected chi connectivity index (χ1v) is 7.66. The average molecular weight is 296 g/mol. The molecule has 0 spiro atoms. The number of rotatable bonds is 4. The summed E-state index contributed by atoms with van der Waals surface area (Å²) in [5.41, 5.74) is 0.400. The Morgan fingerprint density at radius 3 is 2.50 bits per heavy atom. The zero-order chi connectivity index (χ0) is 14.7. The van der Waals surface area contributed by atoms with Crippen molar-refractivity contribution in [1.82, 2.24) is 9.97 Å². The largest absolute Gasteiger partial charge is 0.356 e. The van der Waals surface area contributed by atoms with Crippen molar-refractivity contribution in [3.8, 4) is 0 Å². The molecule has 1 saturated carbocycles. The van der Waals surface area contributed by atoms with Gasteiger partial charge in [0.25, 0.3) is 0 Å². The quantitative estimate of drug-likeness (QED) is 0.628. The van der Waals surface area contributed by atoms with Gasteiger partial charge in [0.1, 0.15) is 16.8 Å². The molecule has 4 nitrogen and oxygen atoms in total. The molecule has 0 unspecified atom stereocenters. The van der Waals surface area contributed by atoms with Gasteiger partial charge in [0.2, 0.25) is 0 Å². The van der Waals surface area contributed by atoms with Crippen LogP contribution >= 0.6 is 11.6 Å². The van der Waals surface area contributed by atoms with Gasteiger partial charge in [0, 0.05) is 13.1 Å². The van der Waals surface area contributed by atoms with Crippen molar-refractivity contribution in [2.45, 2.75) is 52.0 Å². The second-order valence-corrected chi connectivity index (χ2v) is 5.97. The number of halogens is 1. The third-order valence-electron chi connectivity index (χ3n) is 4.38. The van der Waals surface area contributed by atoms with Crippen LogP contribution in [0.15, 0.2) is 0 Å². The zero-order valence-corrected chi connectivity index (χ0v) is 13.2. The lowest BCUT2D eigenvalue weighted by Crippen LogP contribution is -2.36. The maximum Gasteiger partial charge on any atom is 0.156 e. The normalized spacial score (nSPS) is 22.6. The molecular formula is C15H22ClN3O. The smallest absolute Gasteiger partial charge is 0.156 e. The van der Waals surface area contributed by atoms with Crippen molar-refractivity contribution in [2.75, 3.05) is 11.9 Å². The number of nitrogens with zero attached hydrogens (tertiary/aromatic N) is 3. The number of aldehydes is 1. The minimum Gasteiger partial charge on any atom is -0.356 e. The number of anilines is 1. The van der Waals surface area contributed by atoms with E-state index in [0.29, 0.717) is 23.2 Å². The Balaban J connectivity index is 2.21. The van der Waals surface area contributed by atoms with Gasteiger partial charge in [-0.1, -0.05) is 24.9 Å². The lowest BCUT2D eigenvalue weighted by atomic mass is 9.84. The highest BCUT2D eigenvalue weighted by Gasteiger charge is 2.26. The summed E-state index contributed by atoms with van der Waals surface area (Å²) in [6, 6.07) is 0.432. The van der Waals surface area contributed by atoms with E-state index in [2.05, 4.69) is 21.8 Å². The van der Waals surface area contributed by atoms with Crippen LogP contribution in [0.1, 0.15) is 55.2 Å². The number of aromatic nitrogens is 2. The molecular weight excluding hydrogens is 274 g/mol. The summed E-state index contributed by atoms with van der Waals surface area (Å²) in [6.45, 7) is 4.05. The Morgan fingerprint density at radius 2 is 1.95 bits per heavy atom. The lowest BCUT2D eigenvalue weighted by molar-refractivity contribution is 0.112. The number of hydrogen-bond acceptors (Lipinski definition) is 4. The first-order chi connectivity index (χ1) is 9.56. The Kier molecular flexibility index (Phi) is 4.97. The van der Waals surface area contributed by atoms with Crippen LogP contribution in [0.5, 0.6) is 0 Å². The van der Waals surface area contributed by atoms with Gasteiger partial charge in [-0.2, -0.15) is 0 Å². The average Bonchev–Trinajstić information content (AvgIpc) is 2.46. The van der Waals surface area contributed by atoms with E-state index >= 15 is 0 Å². The number of carbonyl (C=O) groups excluding carboxylic acids is 1. The third kappa shape index (κ3) is 3.11. The predicted octanol–water partition coefficient (Wildman–Crippen LogP) is 3.66. The fourth-order valence-electron chi connectivity index (χ4n) is 3.02. The summed E-state index contributed by atoms with van der Waals surface area (Å²) >= 11 is 6.05. The summed E-state index contributed by atoms with van der Waals surface area (Å²) < 4.78 is 0. The zero-order valence-electron chi connectivity index (χ0n) is 12.4. The van der Waals surface area contributed by atoms with E-state index in [-0.39, 0.29) is 5.15 Å². The molecule has 0 atom stereocenters. The van der Waals surface area contributed by atoms with Crippen LogP contribution in [0.2, 0.25) is 5.15 Å². The fraction of sp³-hybridized carbons (Fsp3) is 0.667. The molecule has 1 fully saturated rings. The predicted molar refractivity (Wildman–Crippen MR) is 81.6 cm³/mol. The van der Waals surface area contributed by atoms with Gasteiger partial charge >= 0.3 is 0 Å². The molecule has 1 aliphatic rings. The molecule has 0 saturated heterocycles. The van der Waals surface area contributed by atoms with Crippen LogP contribution in [0.4, 0.5) is 5.82 Å². The minimum absolute atomic E-state index is 0.247. The summed E-state index contributed by atoms with van der Waals surface area (Å²) in [5.74, 6) is 2.11. The maximum atomic E-state index is 11.3. The van der Waals surface area contributed by atoms with E-state index in [0.717, 1.165) is 25.0 Å². The standard InChI is InChI=1S/C15H22ClN3O/c1-4-11-5-7-12(8-6-11)19(3)15-13(9-20)14(16)17-10(2)18-15/h9,11-12H,4-8H2,1-3H3. The molecule has 110 valence electrons. The molecule has 0 aromatic carbocycles. The molecule has 0 radical (unpaired) electrons. The van der Waals surface area contributed by atoms with Gasteiger partial charge in [-0.15, -0.1) is 0 Å². The van der Waals surface area contributed by atoms with Gasteiger partial charge < -0.3 is 4.90 Å². The van der Waals surface area contributed by atoms with Gasteiger partial charge in [0.05, 0.1) is 5.56 Å². The van der Waals surface area contributed by atoms with Crippen LogP contribution in [0.3, 0.4) is 0 Å². The molecule has 0 amide bonds. The number of hydrogen-bond donors (Lipinski definition) is 0. The van der Waals surface area contributed by atoms with E-state index < -0.39 is 0 Å². The van der Waals surface area contributed by atoms with E-state index in [1.54, 1.807) is 6.92 Å². The Labute approximate surface area is 125 Å². The highest BCUT2D eigenvalue weighted by Crippen LogP contribution is 2.32. The number of aryl methyl sites for hydroxylation is 1. The topological polar surface area (TPSA) is 46.1 Å². The molecule has 1 aromatic heterocycles. The highest BCUT2D eigenvalue weighted by molar-refractivity contribution is 6.32. The fourth-order valence-corrected chi connectivity index (χ4v) is 3.27. The molecule has 0 aliphatic heterocycles. The first kappa shape index (κ1) is 15.2. The van der Waals surface area contributed by atoms with Gasteiger partial charge in [0.15, 0.2) is 6.29 Å². The van der Waals surface area contributed by atoms with Gasteiger partial charge in [-0.05, 0) is 38.5 Å². The van der Waals surface area contributed by atoms with Crippen LogP contribution in [-0.2, 0) is 0 Å². The molecule has 1 heterocycles. The van der Waals surface area contributed by atoms with Crippen molar-refractivity contribution < 1.29 is 4.79 Å². The third-order valence-corrected chi connectivity index (χ3v) is 4.67. The Hall–Kier alpha value is -1.16. The second kappa shape index (κ2) is 6.53. The SMILES string of the molecule is CCC1CCC(N(C)c2nc(C)nc(Cl)c2C=O)CC1. The van der Waals surface area contributed by atoms with Gasteiger partial charge in [-0.3, -0.25) is 4.79 Å². The maximum absolute atomic E-state index is 11.3. The summed E-state index contributed by atoms with van der Waals surface area (Å²) in [4.78, 5) is 21.8. The Morgan fingerprint density at radius 1 is 1.30 bits per heavy atom. The van der Waals surface area contributed by atoms with E-state index in [4.69, 9.17) is 11.6 Å². The highest BCUT2D eigenvalue weighted by atomic mass is 35.5. The Bertz CT molecular complexity index is 484. The second-order valence-electron chi connectivity index (χ2n) is 5.61. The molecule has 2 rings (SSSR count). The van der Waals surface area contributed by atoms with Crippen LogP contribution in [0, 0.1) is 12.8 Å². The van der Waals surface area contributed by atoms with E-state index in [9.17, 15) is 4.79 Å². The minimum atomic E-state index is 0.247. The van der Waals surface area contributed by atoms with Gasteiger partial charge in [-0.25, -0.2) is 9.97 Å². The van der Waals surface area contributed by atoms with Crippen molar-refractivity contribution in [2.24, 2.45) is 5.92 Å². The van der Waals surface area contributed by atoms with Crippen molar-refractivity contribution in [3.05, 3.63) is 16.5 Å². The van der Waals surface area contributed by atoms with Crippen molar-refractivity contribution in [1.29, 1.82) is 0 Å². The molecule has 1 aliphatic carbocycles. The molecule has 1 aromatic rings. The number of carbonyl (C=O) groups is 1. The van der Waals surface area contributed by atoms with Crippen LogP contribution in [-0.4, -0.2) is 29.3 Å². The van der Waals surface area contributed by atoms with Crippen molar-refractivity contribution >= 4 is 23.7 Å². The van der Waals surface area contributed by atoms with Crippen LogP contribution in [0.25, 0.3) is 0 Å². The molecule has 0 N–H and O–H groups in total. The summed E-state index contributed by atoms with van der Waals surface area (Å²) in [6.07, 6.45) is 6.81. The van der Waals surface area contributed by atoms with E-state index in [1.807, 2.05) is 7.05 Å². The van der Waals surface area contributed by atoms with Crippen LogP contribution < -0.4 is 4.90 Å². The summed E-state index contributed by atoms with van der Waals surface area (Å²) in [7, 11) is 2.00. The molecule has 0 bridgehead atoms. The molecule has 5 heteroatoms. The van der Waals surface area contributed by atoms with E-state index in [1.165, 1.54) is 19.3 Å². The first-order valence-electron chi connectivity index (χ1n) is 7.29. The van der Waals surface area contributed by atoms with Crippen molar-refractivity contribution in [3.63, 3.8) is 0 Å². The molecule has 20 heavy (non-hydrogen) atoms. The lowest BCUT2D eigenvalue weighted by Gasteiger charge is -2.35.